The number of alkyl halides is 1. The van der Waals surface area contributed by atoms with Crippen molar-refractivity contribution in [1.82, 2.24) is 4.31 Å². The molecule has 0 radical (unpaired) electrons. The monoisotopic (exact) mass is 321 g/mol. The van der Waals surface area contributed by atoms with Crippen LogP contribution in [0.25, 0.3) is 0 Å². The summed E-state index contributed by atoms with van der Waals surface area (Å²) < 4.78 is 45.7. The van der Waals surface area contributed by atoms with Crippen molar-refractivity contribution >= 4 is 21.6 Å². The molecule has 0 aromatic heterocycles. The number of benzene rings is 1. The summed E-state index contributed by atoms with van der Waals surface area (Å²) in [6.45, 7) is 2.88. The van der Waals surface area contributed by atoms with Crippen molar-refractivity contribution in [2.24, 2.45) is 0 Å². The van der Waals surface area contributed by atoms with Gasteiger partial charge in [-0.3, -0.25) is 0 Å². The maximum atomic E-state index is 13.9. The van der Waals surface area contributed by atoms with Crippen LogP contribution in [0.1, 0.15) is 18.9 Å². The molecule has 1 unspecified atom stereocenters. The van der Waals surface area contributed by atoms with E-state index in [-0.39, 0.29) is 23.4 Å². The number of sulfonamides is 1. The molecule has 1 aliphatic rings. The number of halogens is 2. The van der Waals surface area contributed by atoms with Crippen LogP contribution >= 0.6 is 11.6 Å². The van der Waals surface area contributed by atoms with Crippen molar-refractivity contribution in [2.75, 3.05) is 19.7 Å². The molecule has 112 valence electrons. The van der Waals surface area contributed by atoms with Gasteiger partial charge in [-0.1, -0.05) is 6.07 Å². The highest BCUT2D eigenvalue weighted by atomic mass is 35.5. The molecule has 1 aliphatic heterocycles. The SMILES string of the molecule is CC1CN(S(=O)(=O)c2cc(CCl)ccc2F)CCCO1. The quantitative estimate of drug-likeness (QED) is 0.803. The van der Waals surface area contributed by atoms with Gasteiger partial charge in [0.1, 0.15) is 10.7 Å². The predicted octanol–water partition coefficient (Wildman–Crippen LogP) is 2.36. The van der Waals surface area contributed by atoms with Gasteiger partial charge in [-0.05, 0) is 31.0 Å². The Labute approximate surface area is 123 Å². The zero-order chi connectivity index (χ0) is 14.8. The van der Waals surface area contributed by atoms with E-state index in [2.05, 4.69) is 0 Å². The summed E-state index contributed by atoms with van der Waals surface area (Å²) in [5, 5.41) is 0. The molecular weight excluding hydrogens is 305 g/mol. The second-order valence-electron chi connectivity index (χ2n) is 4.80. The zero-order valence-corrected chi connectivity index (χ0v) is 12.8. The lowest BCUT2D eigenvalue weighted by molar-refractivity contribution is 0.0752. The Hall–Kier alpha value is -0.690. The molecule has 0 saturated carbocycles. The van der Waals surface area contributed by atoms with Gasteiger partial charge in [-0.2, -0.15) is 4.31 Å². The van der Waals surface area contributed by atoms with Gasteiger partial charge < -0.3 is 4.74 Å². The van der Waals surface area contributed by atoms with Gasteiger partial charge in [-0.15, -0.1) is 11.6 Å². The molecule has 0 amide bonds. The molecule has 1 saturated heterocycles. The van der Waals surface area contributed by atoms with E-state index in [9.17, 15) is 12.8 Å². The Morgan fingerprint density at radius 2 is 2.25 bits per heavy atom. The fourth-order valence-corrected chi connectivity index (χ4v) is 3.98. The van der Waals surface area contributed by atoms with E-state index in [0.29, 0.717) is 25.1 Å². The van der Waals surface area contributed by atoms with Crippen molar-refractivity contribution in [3.8, 4) is 0 Å². The first kappa shape index (κ1) is 15.7. The molecule has 1 heterocycles. The third-order valence-corrected chi connectivity index (χ3v) is 5.37. The van der Waals surface area contributed by atoms with Gasteiger partial charge in [0.15, 0.2) is 0 Å². The van der Waals surface area contributed by atoms with Crippen LogP contribution < -0.4 is 0 Å². The standard InChI is InChI=1S/C13H17ClFNO3S/c1-10-9-16(5-2-6-19-10)20(17,18)13-7-11(8-14)3-4-12(13)15/h3-4,7,10H,2,5-6,8-9H2,1H3. The molecule has 1 aromatic carbocycles. The van der Waals surface area contributed by atoms with Gasteiger partial charge in [0, 0.05) is 25.6 Å². The Morgan fingerprint density at radius 3 is 2.95 bits per heavy atom. The average Bonchev–Trinajstić information content (AvgIpc) is 2.64. The molecule has 1 atom stereocenters. The van der Waals surface area contributed by atoms with Crippen LogP contribution in [-0.2, 0) is 20.6 Å². The molecule has 2 rings (SSSR count). The first-order valence-corrected chi connectivity index (χ1v) is 8.38. The molecule has 1 fully saturated rings. The first-order valence-electron chi connectivity index (χ1n) is 6.41. The molecule has 20 heavy (non-hydrogen) atoms. The van der Waals surface area contributed by atoms with Crippen LogP contribution in [-0.4, -0.2) is 38.5 Å². The average molecular weight is 322 g/mol. The van der Waals surface area contributed by atoms with E-state index in [0.717, 1.165) is 6.07 Å². The maximum Gasteiger partial charge on any atom is 0.246 e. The Morgan fingerprint density at radius 1 is 1.50 bits per heavy atom. The highest BCUT2D eigenvalue weighted by molar-refractivity contribution is 7.89. The zero-order valence-electron chi connectivity index (χ0n) is 11.2. The first-order chi connectivity index (χ1) is 9.45. The van der Waals surface area contributed by atoms with E-state index < -0.39 is 15.8 Å². The molecule has 0 spiro atoms. The summed E-state index contributed by atoms with van der Waals surface area (Å²) in [6.07, 6.45) is 0.395. The predicted molar refractivity (Wildman–Crippen MR) is 74.7 cm³/mol. The molecule has 1 aromatic rings. The summed E-state index contributed by atoms with van der Waals surface area (Å²) in [5.41, 5.74) is 0.575. The molecule has 7 heteroatoms. The van der Waals surface area contributed by atoms with Crippen molar-refractivity contribution in [3.63, 3.8) is 0 Å². The summed E-state index contributed by atoms with van der Waals surface area (Å²) in [4.78, 5) is -0.315. The lowest BCUT2D eigenvalue weighted by Gasteiger charge is -2.22. The van der Waals surface area contributed by atoms with Crippen molar-refractivity contribution < 1.29 is 17.5 Å². The van der Waals surface area contributed by atoms with Gasteiger partial charge in [-0.25, -0.2) is 12.8 Å². The molecule has 4 nitrogen and oxygen atoms in total. The number of hydrogen-bond donors (Lipinski definition) is 0. The van der Waals surface area contributed by atoms with E-state index in [1.54, 1.807) is 6.92 Å². The van der Waals surface area contributed by atoms with E-state index in [1.165, 1.54) is 16.4 Å². The third kappa shape index (κ3) is 3.31. The highest BCUT2D eigenvalue weighted by Gasteiger charge is 2.30. The van der Waals surface area contributed by atoms with Crippen LogP contribution in [0.2, 0.25) is 0 Å². The van der Waals surface area contributed by atoms with E-state index >= 15 is 0 Å². The smallest absolute Gasteiger partial charge is 0.246 e. The minimum absolute atomic E-state index is 0.141. The minimum Gasteiger partial charge on any atom is -0.377 e. The van der Waals surface area contributed by atoms with Crippen LogP contribution in [0.15, 0.2) is 23.1 Å². The second kappa shape index (κ2) is 6.39. The van der Waals surface area contributed by atoms with Gasteiger partial charge in [0.2, 0.25) is 10.0 Å². The molecule has 0 bridgehead atoms. The Bertz CT molecular complexity index is 579. The molecular formula is C13H17ClFNO3S. The van der Waals surface area contributed by atoms with Gasteiger partial charge in [0.25, 0.3) is 0 Å². The van der Waals surface area contributed by atoms with Gasteiger partial charge >= 0.3 is 0 Å². The third-order valence-electron chi connectivity index (χ3n) is 3.18. The fraction of sp³-hybridized carbons (Fsp3) is 0.538. The highest BCUT2D eigenvalue weighted by Crippen LogP contribution is 2.23. The number of ether oxygens (including phenoxy) is 1. The largest absolute Gasteiger partial charge is 0.377 e. The number of hydrogen-bond acceptors (Lipinski definition) is 3. The lowest BCUT2D eigenvalue weighted by atomic mass is 10.2. The molecule has 0 aliphatic carbocycles. The lowest BCUT2D eigenvalue weighted by Crippen LogP contribution is -2.36. The summed E-state index contributed by atoms with van der Waals surface area (Å²) >= 11 is 5.69. The van der Waals surface area contributed by atoms with E-state index in [1.807, 2.05) is 0 Å². The summed E-state index contributed by atoms with van der Waals surface area (Å²) in [6, 6.07) is 3.92. The topological polar surface area (TPSA) is 46.6 Å². The van der Waals surface area contributed by atoms with Crippen LogP contribution in [0.5, 0.6) is 0 Å². The number of rotatable bonds is 3. The summed E-state index contributed by atoms with van der Waals surface area (Å²) in [7, 11) is -3.86. The van der Waals surface area contributed by atoms with Crippen molar-refractivity contribution in [2.45, 2.75) is 30.2 Å². The maximum absolute atomic E-state index is 13.9. The normalized spacial score (nSPS) is 21.6. The summed E-state index contributed by atoms with van der Waals surface area (Å²) in [5.74, 6) is -0.612. The van der Waals surface area contributed by atoms with Crippen LogP contribution in [0.4, 0.5) is 4.39 Å². The number of nitrogens with zero attached hydrogens (tertiary/aromatic N) is 1. The van der Waals surface area contributed by atoms with Crippen LogP contribution in [0.3, 0.4) is 0 Å². The fourth-order valence-electron chi connectivity index (χ4n) is 2.14. The Balaban J connectivity index is 2.38. The van der Waals surface area contributed by atoms with Crippen molar-refractivity contribution in [3.05, 3.63) is 29.6 Å². The Kier molecular flexibility index (Phi) is 5.01. The second-order valence-corrected chi connectivity index (χ2v) is 6.97. The minimum atomic E-state index is -3.86. The van der Waals surface area contributed by atoms with Gasteiger partial charge in [0.05, 0.1) is 6.10 Å². The molecule has 0 N–H and O–H groups in total. The van der Waals surface area contributed by atoms with E-state index in [4.69, 9.17) is 16.3 Å². The van der Waals surface area contributed by atoms with Crippen molar-refractivity contribution in [1.29, 1.82) is 0 Å². The van der Waals surface area contributed by atoms with Crippen LogP contribution in [0, 0.1) is 5.82 Å².